The van der Waals surface area contributed by atoms with Crippen LogP contribution in [0.1, 0.15) is 41.9 Å². The quantitative estimate of drug-likeness (QED) is 0.465. The summed E-state index contributed by atoms with van der Waals surface area (Å²) in [7, 11) is 0. The molecule has 168 valence electrons. The highest BCUT2D eigenvalue weighted by molar-refractivity contribution is 6.31. The van der Waals surface area contributed by atoms with E-state index in [-0.39, 0.29) is 29.2 Å². The van der Waals surface area contributed by atoms with Crippen LogP contribution in [0.5, 0.6) is 0 Å². The monoisotopic (exact) mass is 461 g/mol. The number of carbonyl (C=O) groups excluding carboxylic acids is 1. The number of pyridine rings is 1. The van der Waals surface area contributed by atoms with Crippen LogP contribution in [0.3, 0.4) is 0 Å². The largest absolute Gasteiger partial charge is 0.451 e. The Morgan fingerprint density at radius 3 is 2.79 bits per heavy atom. The predicted octanol–water partition coefficient (Wildman–Crippen LogP) is 4.95. The molecule has 0 spiro atoms. The summed E-state index contributed by atoms with van der Waals surface area (Å²) in [5.41, 5.74) is 2.31. The van der Waals surface area contributed by atoms with Crippen molar-refractivity contribution in [3.8, 4) is 0 Å². The molecule has 2 aromatic carbocycles. The van der Waals surface area contributed by atoms with Gasteiger partial charge in [0.2, 0.25) is 0 Å². The summed E-state index contributed by atoms with van der Waals surface area (Å²) in [6, 6.07) is 16.8. The van der Waals surface area contributed by atoms with Crippen LogP contribution < -0.4 is 10.7 Å². The van der Waals surface area contributed by atoms with Gasteiger partial charge in [-0.05, 0) is 55.7 Å². The molecule has 1 amide bonds. The molecule has 5 rings (SSSR count). The van der Waals surface area contributed by atoms with E-state index >= 15 is 0 Å². The van der Waals surface area contributed by atoms with E-state index in [2.05, 4.69) is 46.4 Å². The molecule has 0 radical (unpaired) electrons. The number of benzene rings is 2. The van der Waals surface area contributed by atoms with Gasteiger partial charge in [0, 0.05) is 53.9 Å². The van der Waals surface area contributed by atoms with E-state index in [0.29, 0.717) is 16.0 Å². The number of halogens is 1. The average molecular weight is 462 g/mol. The van der Waals surface area contributed by atoms with E-state index in [1.54, 1.807) is 18.2 Å². The van der Waals surface area contributed by atoms with Crippen molar-refractivity contribution in [3.05, 3.63) is 87.4 Å². The molecule has 0 saturated carbocycles. The Morgan fingerprint density at radius 1 is 1.15 bits per heavy atom. The number of rotatable bonds is 4. The molecule has 1 aliphatic heterocycles. The zero-order valence-electron chi connectivity index (χ0n) is 18.3. The SMILES string of the molecule is CC(c1ccc2ncccc2c1)N1CCC(NC(=O)c2cc(=O)c3ccc(Cl)cc3o2)CC1. The third-order valence-corrected chi connectivity index (χ3v) is 6.67. The molecule has 7 heteroatoms. The van der Waals surface area contributed by atoms with Crippen LogP contribution in [0, 0.1) is 0 Å². The summed E-state index contributed by atoms with van der Waals surface area (Å²) in [6.07, 6.45) is 3.46. The second-order valence-electron chi connectivity index (χ2n) is 8.53. The van der Waals surface area contributed by atoms with Gasteiger partial charge in [0.25, 0.3) is 5.91 Å². The van der Waals surface area contributed by atoms with Gasteiger partial charge < -0.3 is 9.73 Å². The molecule has 33 heavy (non-hydrogen) atoms. The van der Waals surface area contributed by atoms with E-state index in [9.17, 15) is 9.59 Å². The van der Waals surface area contributed by atoms with Gasteiger partial charge in [-0.15, -0.1) is 0 Å². The fourth-order valence-electron chi connectivity index (χ4n) is 4.49. The van der Waals surface area contributed by atoms with Gasteiger partial charge in [0.1, 0.15) is 5.58 Å². The van der Waals surface area contributed by atoms with Crippen molar-refractivity contribution >= 4 is 39.4 Å². The minimum atomic E-state index is -0.373. The van der Waals surface area contributed by atoms with E-state index in [1.165, 1.54) is 11.6 Å². The highest BCUT2D eigenvalue weighted by Gasteiger charge is 2.25. The maximum atomic E-state index is 12.8. The van der Waals surface area contributed by atoms with E-state index in [1.807, 2.05) is 12.3 Å². The first-order valence-electron chi connectivity index (χ1n) is 11.1. The molecule has 6 nitrogen and oxygen atoms in total. The number of hydrogen-bond acceptors (Lipinski definition) is 5. The molecule has 4 aromatic rings. The maximum absolute atomic E-state index is 12.8. The Hall–Kier alpha value is -3.22. The lowest BCUT2D eigenvalue weighted by Crippen LogP contribution is -2.45. The number of nitrogens with zero attached hydrogens (tertiary/aromatic N) is 2. The smallest absolute Gasteiger partial charge is 0.287 e. The zero-order valence-corrected chi connectivity index (χ0v) is 19.0. The van der Waals surface area contributed by atoms with E-state index < -0.39 is 0 Å². The number of fused-ring (bicyclic) bond motifs is 2. The topological polar surface area (TPSA) is 75.4 Å². The van der Waals surface area contributed by atoms with Gasteiger partial charge in [-0.3, -0.25) is 19.5 Å². The lowest BCUT2D eigenvalue weighted by molar-refractivity contribution is 0.0869. The van der Waals surface area contributed by atoms with Crippen LogP contribution in [0.2, 0.25) is 5.02 Å². The number of amides is 1. The molecule has 1 atom stereocenters. The van der Waals surface area contributed by atoms with Crippen molar-refractivity contribution < 1.29 is 9.21 Å². The Bertz CT molecular complexity index is 1390. The van der Waals surface area contributed by atoms with Crippen molar-refractivity contribution in [1.29, 1.82) is 0 Å². The lowest BCUT2D eigenvalue weighted by Gasteiger charge is -2.36. The van der Waals surface area contributed by atoms with E-state index in [4.69, 9.17) is 16.0 Å². The normalized spacial score (nSPS) is 16.2. The Morgan fingerprint density at radius 2 is 1.97 bits per heavy atom. The first-order chi connectivity index (χ1) is 16.0. The van der Waals surface area contributed by atoms with Gasteiger partial charge in [0.05, 0.1) is 10.9 Å². The van der Waals surface area contributed by atoms with Crippen LogP contribution in [0.15, 0.2) is 70.0 Å². The predicted molar refractivity (Wildman–Crippen MR) is 130 cm³/mol. The van der Waals surface area contributed by atoms with Gasteiger partial charge in [-0.1, -0.05) is 23.7 Å². The zero-order chi connectivity index (χ0) is 22.9. The molecule has 1 unspecified atom stereocenters. The standard InChI is InChI=1S/C26H24ClN3O3/c1-16(17-4-7-22-18(13-17)3-2-10-28-22)30-11-8-20(9-12-30)29-26(32)25-15-23(31)21-6-5-19(27)14-24(21)33-25/h2-7,10,13-16,20H,8-9,11-12H2,1H3,(H,29,32). The fraction of sp³-hybridized carbons (Fsp3) is 0.269. The van der Waals surface area contributed by atoms with Gasteiger partial charge in [-0.25, -0.2) is 0 Å². The first kappa shape index (κ1) is 21.6. The van der Waals surface area contributed by atoms with Gasteiger partial charge >= 0.3 is 0 Å². The molecule has 1 fully saturated rings. The Balaban J connectivity index is 1.23. The molecular formula is C26H24ClN3O3. The number of likely N-dealkylation sites (tertiary alicyclic amines) is 1. The first-order valence-corrected chi connectivity index (χ1v) is 11.5. The highest BCUT2D eigenvalue weighted by atomic mass is 35.5. The summed E-state index contributed by atoms with van der Waals surface area (Å²) in [5, 5.41) is 5.02. The molecule has 0 bridgehead atoms. The summed E-state index contributed by atoms with van der Waals surface area (Å²) >= 11 is 6.00. The lowest BCUT2D eigenvalue weighted by atomic mass is 9.99. The summed E-state index contributed by atoms with van der Waals surface area (Å²) in [6.45, 7) is 3.95. The van der Waals surface area contributed by atoms with Crippen molar-refractivity contribution in [2.45, 2.75) is 31.8 Å². The second kappa shape index (κ2) is 8.96. The van der Waals surface area contributed by atoms with Crippen LogP contribution in [0.25, 0.3) is 21.9 Å². The highest BCUT2D eigenvalue weighted by Crippen LogP contribution is 2.27. The third-order valence-electron chi connectivity index (χ3n) is 6.44. The minimum Gasteiger partial charge on any atom is -0.451 e. The molecule has 1 N–H and O–H groups in total. The molecule has 1 saturated heterocycles. The van der Waals surface area contributed by atoms with Gasteiger partial charge in [0.15, 0.2) is 11.2 Å². The number of aromatic nitrogens is 1. The second-order valence-corrected chi connectivity index (χ2v) is 8.97. The van der Waals surface area contributed by atoms with Crippen molar-refractivity contribution in [2.24, 2.45) is 0 Å². The number of carbonyl (C=O) groups is 1. The van der Waals surface area contributed by atoms with Crippen LogP contribution in [-0.2, 0) is 0 Å². The number of nitrogens with one attached hydrogen (secondary N) is 1. The Kier molecular flexibility index (Phi) is 5.87. The Labute approximate surface area is 196 Å². The third kappa shape index (κ3) is 4.49. The van der Waals surface area contributed by atoms with E-state index in [0.717, 1.165) is 36.8 Å². The molecular weight excluding hydrogens is 438 g/mol. The van der Waals surface area contributed by atoms with Crippen LogP contribution in [-0.4, -0.2) is 34.9 Å². The summed E-state index contributed by atoms with van der Waals surface area (Å²) in [4.78, 5) is 31.9. The van der Waals surface area contributed by atoms with Crippen LogP contribution in [0.4, 0.5) is 0 Å². The van der Waals surface area contributed by atoms with Gasteiger partial charge in [-0.2, -0.15) is 0 Å². The molecule has 0 aliphatic carbocycles. The molecule has 2 aromatic heterocycles. The molecule has 3 heterocycles. The number of hydrogen-bond donors (Lipinski definition) is 1. The molecule has 1 aliphatic rings. The van der Waals surface area contributed by atoms with Crippen molar-refractivity contribution in [3.63, 3.8) is 0 Å². The fourth-order valence-corrected chi connectivity index (χ4v) is 4.66. The minimum absolute atomic E-state index is 0.00957. The van der Waals surface area contributed by atoms with Crippen molar-refractivity contribution in [1.82, 2.24) is 15.2 Å². The maximum Gasteiger partial charge on any atom is 0.287 e. The average Bonchev–Trinajstić information content (AvgIpc) is 2.83. The summed E-state index contributed by atoms with van der Waals surface area (Å²) < 4.78 is 5.67. The number of piperidine rings is 1. The van der Waals surface area contributed by atoms with Crippen LogP contribution >= 0.6 is 11.6 Å². The summed E-state index contributed by atoms with van der Waals surface area (Å²) in [5.74, 6) is -0.363. The van der Waals surface area contributed by atoms with Crippen molar-refractivity contribution in [2.75, 3.05) is 13.1 Å².